The highest BCUT2D eigenvalue weighted by Gasteiger charge is 2.37. The van der Waals surface area contributed by atoms with E-state index >= 15 is 0 Å². The monoisotopic (exact) mass is 272 g/mol. The van der Waals surface area contributed by atoms with Gasteiger partial charge >= 0.3 is 6.18 Å². The number of benzene rings is 1. The van der Waals surface area contributed by atoms with E-state index in [2.05, 4.69) is 20.8 Å². The molecule has 1 heterocycles. The van der Waals surface area contributed by atoms with Crippen LogP contribution in [0.25, 0.3) is 0 Å². The number of anilines is 2. The van der Waals surface area contributed by atoms with Gasteiger partial charge in [-0.25, -0.2) is 0 Å². The van der Waals surface area contributed by atoms with Crippen molar-refractivity contribution in [1.29, 1.82) is 0 Å². The van der Waals surface area contributed by atoms with Gasteiger partial charge in [0.2, 0.25) is 0 Å². The van der Waals surface area contributed by atoms with E-state index in [-0.39, 0.29) is 11.1 Å². The fourth-order valence-corrected chi connectivity index (χ4v) is 2.24. The van der Waals surface area contributed by atoms with Gasteiger partial charge in [-0.1, -0.05) is 20.8 Å². The summed E-state index contributed by atoms with van der Waals surface area (Å²) in [5.41, 5.74) is 6.17. The van der Waals surface area contributed by atoms with Gasteiger partial charge in [0.25, 0.3) is 0 Å². The zero-order valence-corrected chi connectivity index (χ0v) is 11.4. The normalized spacial score (nSPS) is 17.5. The van der Waals surface area contributed by atoms with E-state index in [1.54, 1.807) is 0 Å². The molecule has 1 aromatic rings. The molecule has 1 aliphatic heterocycles. The highest BCUT2D eigenvalue weighted by Crippen LogP contribution is 2.40. The molecule has 1 fully saturated rings. The molecule has 0 radical (unpaired) electrons. The van der Waals surface area contributed by atoms with Crippen LogP contribution in [-0.2, 0) is 6.18 Å². The molecular weight excluding hydrogens is 253 g/mol. The third-order valence-electron chi connectivity index (χ3n) is 3.80. The molecule has 0 bridgehead atoms. The fourth-order valence-electron chi connectivity index (χ4n) is 2.24. The molecule has 0 unspecified atom stereocenters. The summed E-state index contributed by atoms with van der Waals surface area (Å²) < 4.78 is 37.6. The average Bonchev–Trinajstić information content (AvgIpc) is 2.14. The Kier molecular flexibility index (Phi) is 3.19. The number of alkyl halides is 3. The van der Waals surface area contributed by atoms with Crippen molar-refractivity contribution in [3.05, 3.63) is 23.8 Å². The lowest BCUT2D eigenvalue weighted by atomic mass is 9.76. The van der Waals surface area contributed by atoms with Crippen LogP contribution in [0.1, 0.15) is 26.3 Å². The first-order valence-electron chi connectivity index (χ1n) is 6.30. The van der Waals surface area contributed by atoms with Crippen molar-refractivity contribution in [2.45, 2.75) is 26.9 Å². The molecule has 1 saturated heterocycles. The summed E-state index contributed by atoms with van der Waals surface area (Å²) in [5, 5.41) is 0. The Morgan fingerprint density at radius 1 is 1.16 bits per heavy atom. The van der Waals surface area contributed by atoms with Gasteiger partial charge in [0.1, 0.15) is 0 Å². The minimum Gasteiger partial charge on any atom is -0.397 e. The molecular formula is C14H19F3N2. The molecule has 106 valence electrons. The zero-order valence-electron chi connectivity index (χ0n) is 11.4. The van der Waals surface area contributed by atoms with Gasteiger partial charge in [-0.2, -0.15) is 13.2 Å². The molecule has 0 spiro atoms. The maximum absolute atomic E-state index is 12.5. The lowest BCUT2D eigenvalue weighted by Gasteiger charge is -2.48. The van der Waals surface area contributed by atoms with Gasteiger partial charge in [-0.05, 0) is 29.5 Å². The Balaban J connectivity index is 2.12. The Labute approximate surface area is 111 Å². The van der Waals surface area contributed by atoms with Crippen molar-refractivity contribution in [3.63, 3.8) is 0 Å². The van der Waals surface area contributed by atoms with Crippen molar-refractivity contribution >= 4 is 11.4 Å². The van der Waals surface area contributed by atoms with E-state index in [0.29, 0.717) is 11.6 Å². The van der Waals surface area contributed by atoms with Gasteiger partial charge < -0.3 is 10.6 Å². The lowest BCUT2D eigenvalue weighted by molar-refractivity contribution is -0.137. The predicted octanol–water partition coefficient (Wildman–Crippen LogP) is 3.77. The van der Waals surface area contributed by atoms with Crippen molar-refractivity contribution in [3.8, 4) is 0 Å². The topological polar surface area (TPSA) is 29.3 Å². The number of halogens is 3. The fraction of sp³-hybridized carbons (Fsp3) is 0.571. The maximum Gasteiger partial charge on any atom is 0.416 e. The molecule has 1 aliphatic rings. The third kappa shape index (κ3) is 2.80. The van der Waals surface area contributed by atoms with Crippen LogP contribution in [0.4, 0.5) is 24.5 Å². The van der Waals surface area contributed by atoms with Gasteiger partial charge in [0.05, 0.1) is 16.9 Å². The SMILES string of the molecule is CC(C)(C)C1CN(c2ccc(C(F)(F)F)cc2N)C1. The van der Waals surface area contributed by atoms with Gasteiger partial charge in [-0.15, -0.1) is 0 Å². The van der Waals surface area contributed by atoms with Gasteiger partial charge in [0.15, 0.2) is 0 Å². The van der Waals surface area contributed by atoms with Crippen LogP contribution in [0.2, 0.25) is 0 Å². The van der Waals surface area contributed by atoms with E-state index in [0.717, 1.165) is 25.2 Å². The number of rotatable bonds is 1. The lowest BCUT2D eigenvalue weighted by Crippen LogP contribution is -2.52. The Morgan fingerprint density at radius 2 is 1.74 bits per heavy atom. The molecule has 0 aliphatic carbocycles. The molecule has 0 aromatic heterocycles. The summed E-state index contributed by atoms with van der Waals surface area (Å²) in [6.07, 6.45) is -4.34. The smallest absolute Gasteiger partial charge is 0.397 e. The number of nitrogen functional groups attached to an aromatic ring is 1. The molecule has 0 amide bonds. The number of hydrogen-bond acceptors (Lipinski definition) is 2. The first-order valence-corrected chi connectivity index (χ1v) is 6.30. The standard InChI is InChI=1S/C14H19F3N2/c1-13(2,3)10-7-19(8-10)12-5-4-9(6-11(12)18)14(15,16)17/h4-6,10H,7-8,18H2,1-3H3. The zero-order chi connectivity index (χ0) is 14.4. The predicted molar refractivity (Wildman–Crippen MR) is 71.0 cm³/mol. The quantitative estimate of drug-likeness (QED) is 0.788. The molecule has 2 N–H and O–H groups in total. The molecule has 2 rings (SSSR count). The van der Waals surface area contributed by atoms with Crippen LogP contribution in [0.15, 0.2) is 18.2 Å². The Morgan fingerprint density at radius 3 is 2.16 bits per heavy atom. The summed E-state index contributed by atoms with van der Waals surface area (Å²) in [4.78, 5) is 2.03. The van der Waals surface area contributed by atoms with E-state index in [1.165, 1.54) is 6.07 Å². The summed E-state index contributed by atoms with van der Waals surface area (Å²) >= 11 is 0. The minimum atomic E-state index is -4.34. The Hall–Kier alpha value is -1.39. The molecule has 2 nitrogen and oxygen atoms in total. The maximum atomic E-state index is 12.5. The van der Waals surface area contributed by atoms with Crippen LogP contribution in [0.5, 0.6) is 0 Å². The summed E-state index contributed by atoms with van der Waals surface area (Å²) in [5.74, 6) is 0.550. The first-order chi connectivity index (χ1) is 8.59. The largest absolute Gasteiger partial charge is 0.416 e. The van der Waals surface area contributed by atoms with E-state index in [1.807, 2.05) is 4.90 Å². The number of hydrogen-bond donors (Lipinski definition) is 1. The van der Waals surface area contributed by atoms with Crippen molar-refractivity contribution in [2.24, 2.45) is 11.3 Å². The first kappa shape index (κ1) is 14.0. The molecule has 1 aromatic carbocycles. The second kappa shape index (κ2) is 4.32. The number of nitrogens with zero attached hydrogens (tertiary/aromatic N) is 1. The summed E-state index contributed by atoms with van der Waals surface area (Å²) in [7, 11) is 0. The second-order valence-electron chi connectivity index (χ2n) is 6.24. The van der Waals surface area contributed by atoms with Crippen LogP contribution in [0.3, 0.4) is 0 Å². The van der Waals surface area contributed by atoms with E-state index in [4.69, 9.17) is 5.73 Å². The van der Waals surface area contributed by atoms with Crippen LogP contribution in [-0.4, -0.2) is 13.1 Å². The minimum absolute atomic E-state index is 0.196. The molecule has 5 heteroatoms. The van der Waals surface area contributed by atoms with Gasteiger partial charge in [0, 0.05) is 13.1 Å². The van der Waals surface area contributed by atoms with E-state index < -0.39 is 11.7 Å². The summed E-state index contributed by atoms with van der Waals surface area (Å²) in [6, 6.07) is 3.58. The van der Waals surface area contributed by atoms with Crippen molar-refractivity contribution < 1.29 is 13.2 Å². The highest BCUT2D eigenvalue weighted by molar-refractivity contribution is 5.69. The average molecular weight is 272 g/mol. The van der Waals surface area contributed by atoms with Crippen molar-refractivity contribution in [2.75, 3.05) is 23.7 Å². The molecule has 0 atom stereocenters. The number of nitrogens with two attached hydrogens (primary N) is 1. The summed E-state index contributed by atoms with van der Waals surface area (Å²) in [6.45, 7) is 8.21. The second-order valence-corrected chi connectivity index (χ2v) is 6.24. The van der Waals surface area contributed by atoms with E-state index in [9.17, 15) is 13.2 Å². The molecule has 19 heavy (non-hydrogen) atoms. The van der Waals surface area contributed by atoms with Crippen LogP contribution >= 0.6 is 0 Å². The van der Waals surface area contributed by atoms with Crippen molar-refractivity contribution in [1.82, 2.24) is 0 Å². The Bertz CT molecular complexity index is 469. The highest BCUT2D eigenvalue weighted by atomic mass is 19.4. The van der Waals surface area contributed by atoms with Crippen LogP contribution in [0, 0.1) is 11.3 Å². The van der Waals surface area contributed by atoms with Gasteiger partial charge in [-0.3, -0.25) is 0 Å². The van der Waals surface area contributed by atoms with Crippen LogP contribution < -0.4 is 10.6 Å². The molecule has 0 saturated carbocycles. The third-order valence-corrected chi connectivity index (χ3v) is 3.80.